The number of carbonyl (C=O) groups excluding carboxylic acids is 3. The molecular weight excluding hydrogens is 759 g/mol. The lowest BCUT2D eigenvalue weighted by Crippen LogP contribution is -2.58. The van der Waals surface area contributed by atoms with Gasteiger partial charge in [-0.2, -0.15) is 0 Å². The fourth-order valence-corrected chi connectivity index (χ4v) is 9.49. The maximum atomic E-state index is 14.3. The van der Waals surface area contributed by atoms with Gasteiger partial charge in [0.25, 0.3) is 5.91 Å². The molecule has 0 bridgehead atoms. The van der Waals surface area contributed by atoms with Crippen LogP contribution < -0.4 is 24.2 Å². The van der Waals surface area contributed by atoms with Crippen LogP contribution in [0.4, 0.5) is 13.6 Å². The van der Waals surface area contributed by atoms with Gasteiger partial charge in [-0.25, -0.2) is 23.2 Å². The Hall–Kier alpha value is -4.58. The second-order valence-electron chi connectivity index (χ2n) is 15.6. The number of nitrogens with one attached hydrogen (secondary N) is 2. The van der Waals surface area contributed by atoms with Crippen molar-refractivity contribution in [2.75, 3.05) is 20.1 Å². The molecule has 2 N–H and O–H groups in total. The molecule has 3 aromatic rings. The summed E-state index contributed by atoms with van der Waals surface area (Å²) in [5.41, 5.74) is -0.642. The lowest BCUT2D eigenvalue weighted by molar-refractivity contribution is -0.286. The zero-order valence-electron chi connectivity index (χ0n) is 30.8. The second-order valence-corrected chi connectivity index (χ2v) is 18.7. The van der Waals surface area contributed by atoms with Crippen molar-refractivity contribution in [3.8, 4) is 28.6 Å². The Bertz CT molecular complexity index is 2230. The highest BCUT2D eigenvalue weighted by Gasteiger charge is 2.63. The number of sulfonamides is 1. The van der Waals surface area contributed by atoms with Crippen molar-refractivity contribution in [2.45, 2.75) is 100 Å². The molecule has 4 amide bonds. The summed E-state index contributed by atoms with van der Waals surface area (Å²) in [6.45, 7) is 5.95. The molecule has 5 heterocycles. The summed E-state index contributed by atoms with van der Waals surface area (Å²) in [5, 5.41) is 5.82. The van der Waals surface area contributed by atoms with Crippen LogP contribution in [0.25, 0.3) is 22.3 Å². The Kier molecular flexibility index (Phi) is 9.02. The Balaban J connectivity index is 1.12. The van der Waals surface area contributed by atoms with Crippen LogP contribution in [0.3, 0.4) is 0 Å². The number of pyridine rings is 1. The van der Waals surface area contributed by atoms with Gasteiger partial charge in [-0.1, -0.05) is 26.0 Å². The highest BCUT2D eigenvalue weighted by molar-refractivity contribution is 7.91. The number of hydrogen-bond donors (Lipinski definition) is 2. The smallest absolute Gasteiger partial charge is 0.488 e. The number of halogens is 2. The van der Waals surface area contributed by atoms with Gasteiger partial charge in [-0.15, -0.1) is 20.1 Å². The third-order valence-corrected chi connectivity index (χ3v) is 14.4. The van der Waals surface area contributed by atoms with Gasteiger partial charge in [0, 0.05) is 48.7 Å². The zero-order chi connectivity index (χ0) is 39.1. The average molecular weight is 801 g/mol. The molecule has 2 saturated carbocycles. The summed E-state index contributed by atoms with van der Waals surface area (Å²) < 4.78 is 72.1. The van der Waals surface area contributed by atoms with Crippen molar-refractivity contribution in [3.05, 3.63) is 40.7 Å². The Morgan fingerprint density at radius 2 is 1.93 bits per heavy atom. The molecule has 1 aromatic carbocycles. The lowest BCUT2D eigenvalue weighted by atomic mass is 10.1. The maximum Gasteiger partial charge on any atom is 0.586 e. The van der Waals surface area contributed by atoms with Crippen LogP contribution in [0.15, 0.2) is 35.7 Å². The topological polar surface area (TPSA) is 169 Å². The fraction of sp³-hybridized carbons (Fsp3) is 0.541. The van der Waals surface area contributed by atoms with Crippen LogP contribution in [-0.2, 0) is 19.6 Å². The zero-order valence-corrected chi connectivity index (χ0v) is 32.4. The van der Waals surface area contributed by atoms with Crippen LogP contribution in [0, 0.1) is 5.92 Å². The van der Waals surface area contributed by atoms with Crippen molar-refractivity contribution >= 4 is 50.1 Å². The monoisotopic (exact) mass is 800 g/mol. The number of carbonyl (C=O) groups is 3. The van der Waals surface area contributed by atoms with Crippen molar-refractivity contribution in [1.82, 2.24) is 29.8 Å². The van der Waals surface area contributed by atoms with Crippen LogP contribution in [0.1, 0.15) is 76.6 Å². The van der Waals surface area contributed by atoms with E-state index in [0.29, 0.717) is 49.0 Å². The number of hydrogen-bond acceptors (Lipinski definition) is 11. The van der Waals surface area contributed by atoms with Crippen molar-refractivity contribution in [1.29, 1.82) is 0 Å². The molecule has 3 aliphatic heterocycles. The van der Waals surface area contributed by atoms with Gasteiger partial charge < -0.3 is 29.3 Å². The molecule has 8 rings (SSSR count). The number of thiazole rings is 1. The highest BCUT2D eigenvalue weighted by Crippen LogP contribution is 2.49. The van der Waals surface area contributed by atoms with Gasteiger partial charge >= 0.3 is 12.3 Å². The number of aromatic nitrogens is 2. The highest BCUT2D eigenvalue weighted by atomic mass is 32.2. The largest absolute Gasteiger partial charge is 0.586 e. The van der Waals surface area contributed by atoms with E-state index in [9.17, 15) is 31.6 Å². The molecule has 1 saturated heterocycles. The number of fused-ring (bicyclic) bond motifs is 5. The van der Waals surface area contributed by atoms with E-state index >= 15 is 0 Å². The van der Waals surface area contributed by atoms with Gasteiger partial charge in [0.2, 0.25) is 15.9 Å². The van der Waals surface area contributed by atoms with Crippen molar-refractivity contribution in [3.63, 3.8) is 0 Å². The summed E-state index contributed by atoms with van der Waals surface area (Å²) in [4.78, 5) is 54.3. The van der Waals surface area contributed by atoms with E-state index < -0.39 is 56.6 Å². The minimum absolute atomic E-state index is 0.0579. The predicted molar refractivity (Wildman–Crippen MR) is 197 cm³/mol. The molecule has 18 heteroatoms. The van der Waals surface area contributed by atoms with E-state index in [4.69, 9.17) is 19.2 Å². The summed E-state index contributed by atoms with van der Waals surface area (Å²) in [7, 11) is -2.32. The third kappa shape index (κ3) is 6.84. The maximum absolute atomic E-state index is 14.3. The normalized spacial score (nSPS) is 27.6. The number of allylic oxidation sites excluding steroid dienone is 1. The molecule has 0 unspecified atom stereocenters. The molecule has 5 aliphatic rings. The van der Waals surface area contributed by atoms with Crippen molar-refractivity contribution < 1.29 is 45.8 Å². The number of rotatable bonds is 7. The van der Waals surface area contributed by atoms with Gasteiger partial charge in [0.05, 0.1) is 22.0 Å². The van der Waals surface area contributed by atoms with E-state index in [1.807, 2.05) is 31.4 Å². The number of urea groups is 1. The van der Waals surface area contributed by atoms with E-state index in [1.165, 1.54) is 28.4 Å². The second kappa shape index (κ2) is 13.3. The molecule has 294 valence electrons. The summed E-state index contributed by atoms with van der Waals surface area (Å²) in [5.74, 6) is -1.67. The SMILES string of the molecule is CC(C)c1nc(-c2cc(O[C@H]3C[C@H]4C(=O)N(C)CCCC/C=C\[C@@H]5C[C@@]5(C(=O)NS(=O)(=O)C5(C)CC5)NC(=O)N4C3)c3ccc4c(c3n2)OC(F)(F)O4)cs1. The number of alkyl halides is 2. The molecule has 14 nitrogen and oxygen atoms in total. The number of benzene rings is 1. The standard InChI is InChI=1S/C37H42F2N6O8S2/c1-20(2)31-41-25(19-54-31)24-16-28(23-10-11-27-30(29(23)40-24)53-37(38,39)52-27)51-22-15-26-32(46)44(4)14-8-6-5-7-9-21-17-36(21,42-34(48)45(26)18-22)33(47)43-55(49,50)35(3)12-13-35/h7,9-11,16,19-22,26H,5-6,8,12-15,17-18H2,1-4H3,(H,42,48)(H,43,47)/b9-7-/t21-,22+,26+,36-/m1/s1. The summed E-state index contributed by atoms with van der Waals surface area (Å²) in [6, 6.07) is 2.81. The lowest BCUT2D eigenvalue weighted by Gasteiger charge is -2.30. The Morgan fingerprint density at radius 3 is 2.65 bits per heavy atom. The third-order valence-electron chi connectivity index (χ3n) is 11.1. The first-order chi connectivity index (χ1) is 26.0. The molecule has 2 aromatic heterocycles. The minimum Gasteiger partial charge on any atom is -0.488 e. The van der Waals surface area contributed by atoms with E-state index in [0.717, 1.165) is 11.4 Å². The van der Waals surface area contributed by atoms with Crippen LogP contribution in [0.5, 0.6) is 17.2 Å². The first-order valence-corrected chi connectivity index (χ1v) is 20.8. The predicted octanol–water partition coefficient (Wildman–Crippen LogP) is 5.29. The fourth-order valence-electron chi connectivity index (χ4n) is 7.35. The van der Waals surface area contributed by atoms with E-state index in [1.54, 1.807) is 24.9 Å². The number of likely N-dealkylation sites (N-methyl/N-ethyl adjacent to an activating group) is 1. The quantitative estimate of drug-likeness (QED) is 0.300. The van der Waals surface area contributed by atoms with Gasteiger partial charge in [-0.05, 0) is 57.6 Å². The first kappa shape index (κ1) is 37.3. The molecule has 4 atom stereocenters. The average Bonchev–Trinajstić information content (AvgIpc) is 3.80. The number of amides is 4. The van der Waals surface area contributed by atoms with Gasteiger partial charge in [0.1, 0.15) is 34.6 Å². The van der Waals surface area contributed by atoms with Crippen LogP contribution in [-0.4, -0.2) is 94.9 Å². The van der Waals surface area contributed by atoms with E-state index in [-0.39, 0.29) is 54.0 Å². The molecular formula is C37H42F2N6O8S2. The molecule has 0 radical (unpaired) electrons. The van der Waals surface area contributed by atoms with Crippen molar-refractivity contribution in [2.24, 2.45) is 5.92 Å². The van der Waals surface area contributed by atoms with Gasteiger partial charge in [0.15, 0.2) is 11.5 Å². The molecule has 3 fully saturated rings. The number of ether oxygens (including phenoxy) is 3. The van der Waals surface area contributed by atoms with Crippen LogP contribution in [0.2, 0.25) is 0 Å². The van der Waals surface area contributed by atoms with E-state index in [2.05, 4.69) is 15.0 Å². The molecule has 55 heavy (non-hydrogen) atoms. The summed E-state index contributed by atoms with van der Waals surface area (Å²) in [6.07, 6.45) is 2.38. The minimum atomic E-state index is -3.99. The van der Waals surface area contributed by atoms with Gasteiger partial charge in [-0.3, -0.25) is 14.3 Å². The molecule has 0 spiro atoms. The van der Waals surface area contributed by atoms with Crippen LogP contribution >= 0.6 is 11.3 Å². The first-order valence-electron chi connectivity index (χ1n) is 18.4. The Morgan fingerprint density at radius 1 is 1.15 bits per heavy atom. The number of nitrogens with zero attached hydrogens (tertiary/aromatic N) is 4. The Labute approximate surface area is 320 Å². The summed E-state index contributed by atoms with van der Waals surface area (Å²) >= 11 is 1.43. The molecule has 2 aliphatic carbocycles.